The second kappa shape index (κ2) is 10.3. The van der Waals surface area contributed by atoms with E-state index in [1.807, 2.05) is 13.1 Å². The fraction of sp³-hybridized carbons (Fsp3) is 0.696. The molecular weight excluding hydrogens is 400 g/mol. The first kappa shape index (κ1) is 21.9. The van der Waals surface area contributed by atoms with E-state index in [0.717, 1.165) is 63.2 Å². The maximum atomic E-state index is 6.30. The van der Waals surface area contributed by atoms with Crippen molar-refractivity contribution in [3.8, 4) is 0 Å². The van der Waals surface area contributed by atoms with Crippen LogP contribution in [0.15, 0.2) is 29.3 Å². The van der Waals surface area contributed by atoms with Crippen molar-refractivity contribution in [3.63, 3.8) is 0 Å². The van der Waals surface area contributed by atoms with E-state index in [-0.39, 0.29) is 12.2 Å². The van der Waals surface area contributed by atoms with Crippen LogP contribution in [0.3, 0.4) is 0 Å². The number of rotatable bonds is 4. The maximum absolute atomic E-state index is 6.30. The molecular formula is C23H35ClN4O2. The Morgan fingerprint density at radius 1 is 1.17 bits per heavy atom. The predicted molar refractivity (Wildman–Crippen MR) is 121 cm³/mol. The highest BCUT2D eigenvalue weighted by Crippen LogP contribution is 2.35. The first-order valence-electron chi connectivity index (χ1n) is 11.3. The Morgan fingerprint density at radius 3 is 2.80 bits per heavy atom. The number of ether oxygens (including phenoxy) is 2. The van der Waals surface area contributed by atoms with Crippen LogP contribution in [0.2, 0.25) is 5.02 Å². The molecule has 7 heteroatoms. The zero-order valence-electron chi connectivity index (χ0n) is 18.2. The second-order valence-electron chi connectivity index (χ2n) is 8.72. The number of nitrogens with one attached hydrogen (secondary N) is 1. The molecule has 3 saturated heterocycles. The van der Waals surface area contributed by atoms with Crippen molar-refractivity contribution >= 4 is 17.6 Å². The molecule has 0 aromatic heterocycles. The van der Waals surface area contributed by atoms with E-state index in [1.54, 1.807) is 0 Å². The first-order chi connectivity index (χ1) is 14.7. The van der Waals surface area contributed by atoms with Crippen LogP contribution < -0.4 is 5.32 Å². The minimum atomic E-state index is 0.139. The molecule has 0 saturated carbocycles. The van der Waals surface area contributed by atoms with E-state index in [1.165, 1.54) is 18.4 Å². The van der Waals surface area contributed by atoms with Crippen LogP contribution in [0.25, 0.3) is 0 Å². The van der Waals surface area contributed by atoms with E-state index in [9.17, 15) is 0 Å². The Kier molecular flexibility index (Phi) is 7.52. The number of benzene rings is 1. The second-order valence-corrected chi connectivity index (χ2v) is 9.15. The van der Waals surface area contributed by atoms with E-state index >= 15 is 0 Å². The summed E-state index contributed by atoms with van der Waals surface area (Å²) < 4.78 is 11.9. The summed E-state index contributed by atoms with van der Waals surface area (Å²) in [6.07, 6.45) is 5.02. The first-order valence-corrected chi connectivity index (χ1v) is 11.7. The monoisotopic (exact) mass is 434 g/mol. The Morgan fingerprint density at radius 2 is 2.03 bits per heavy atom. The number of likely N-dealkylation sites (tertiary alicyclic amines) is 1. The summed E-state index contributed by atoms with van der Waals surface area (Å²) in [4.78, 5) is 9.38. The van der Waals surface area contributed by atoms with Gasteiger partial charge in [-0.3, -0.25) is 9.89 Å². The van der Waals surface area contributed by atoms with Crippen LogP contribution in [-0.4, -0.2) is 81.5 Å². The minimum absolute atomic E-state index is 0.139. The van der Waals surface area contributed by atoms with Crippen molar-refractivity contribution in [2.45, 2.75) is 43.9 Å². The fourth-order valence-corrected chi connectivity index (χ4v) is 5.43. The molecule has 4 rings (SSSR count). The van der Waals surface area contributed by atoms with Gasteiger partial charge in [0.05, 0.1) is 12.7 Å². The van der Waals surface area contributed by atoms with E-state index in [2.05, 4.69) is 45.4 Å². The van der Waals surface area contributed by atoms with E-state index in [4.69, 9.17) is 21.1 Å². The molecule has 0 amide bonds. The molecule has 6 nitrogen and oxygen atoms in total. The third-order valence-electron chi connectivity index (χ3n) is 6.70. The lowest BCUT2D eigenvalue weighted by Crippen LogP contribution is -2.54. The molecule has 3 aliphatic rings. The number of guanidine groups is 1. The highest BCUT2D eigenvalue weighted by molar-refractivity contribution is 6.30. The molecule has 0 aliphatic carbocycles. The van der Waals surface area contributed by atoms with Crippen LogP contribution in [0, 0.1) is 5.92 Å². The molecule has 0 spiro atoms. The van der Waals surface area contributed by atoms with Crippen molar-refractivity contribution in [3.05, 3.63) is 34.9 Å². The molecule has 1 aromatic carbocycles. The molecule has 1 N–H and O–H groups in total. The molecule has 4 atom stereocenters. The predicted octanol–water partition coefficient (Wildman–Crippen LogP) is 3.18. The molecule has 30 heavy (non-hydrogen) atoms. The summed E-state index contributed by atoms with van der Waals surface area (Å²) in [7, 11) is 4.10. The largest absolute Gasteiger partial charge is 0.375 e. The maximum Gasteiger partial charge on any atom is 0.193 e. The number of morpholine rings is 1. The van der Waals surface area contributed by atoms with E-state index < -0.39 is 0 Å². The number of hydrogen-bond acceptors (Lipinski definition) is 4. The summed E-state index contributed by atoms with van der Waals surface area (Å²) in [6, 6.07) is 8.69. The highest BCUT2D eigenvalue weighted by atomic mass is 35.5. The van der Waals surface area contributed by atoms with Crippen LogP contribution in [-0.2, 0) is 9.47 Å². The molecule has 4 unspecified atom stereocenters. The molecule has 3 fully saturated rings. The average molecular weight is 435 g/mol. The van der Waals surface area contributed by atoms with Gasteiger partial charge in [0, 0.05) is 44.4 Å². The SMILES string of the molecule is CN=C(NCC1CCCN(C)C1c1cccc(Cl)c1)N1CCOC(C2CCCO2)C1. The Balaban J connectivity index is 1.39. The number of aliphatic imine (C=N–C) groups is 1. The smallest absolute Gasteiger partial charge is 0.193 e. The molecule has 0 bridgehead atoms. The lowest BCUT2D eigenvalue weighted by atomic mass is 9.85. The van der Waals surface area contributed by atoms with Gasteiger partial charge in [-0.15, -0.1) is 0 Å². The number of piperidine rings is 1. The molecule has 3 aliphatic heterocycles. The normalized spacial score (nSPS) is 31.2. The standard InChI is InChI=1S/C23H35ClN4O2/c1-25-23(28-11-13-30-21(16-28)20-9-5-12-29-20)26-15-18-7-4-10-27(2)22(18)17-6-3-8-19(24)14-17/h3,6,8,14,18,20-22H,4-5,7,9-13,15-16H2,1-2H3,(H,25,26). The number of hydrogen-bond donors (Lipinski definition) is 1. The summed E-state index contributed by atoms with van der Waals surface area (Å²) in [5, 5.41) is 4.48. The van der Waals surface area contributed by atoms with Crippen LogP contribution in [0.4, 0.5) is 0 Å². The third kappa shape index (κ3) is 5.10. The van der Waals surface area contributed by atoms with Crippen LogP contribution in [0.5, 0.6) is 0 Å². The van der Waals surface area contributed by atoms with Crippen molar-refractivity contribution in [1.82, 2.24) is 15.1 Å². The van der Waals surface area contributed by atoms with Gasteiger partial charge in [0.25, 0.3) is 0 Å². The number of halogens is 1. The average Bonchev–Trinajstić information content (AvgIpc) is 3.29. The highest BCUT2D eigenvalue weighted by Gasteiger charge is 2.34. The van der Waals surface area contributed by atoms with Gasteiger partial charge >= 0.3 is 0 Å². The Bertz CT molecular complexity index is 725. The van der Waals surface area contributed by atoms with Gasteiger partial charge in [0.15, 0.2) is 5.96 Å². The summed E-state index contributed by atoms with van der Waals surface area (Å²) in [5.74, 6) is 1.48. The lowest BCUT2D eigenvalue weighted by molar-refractivity contribution is -0.0817. The molecule has 0 radical (unpaired) electrons. The van der Waals surface area contributed by atoms with Crippen molar-refractivity contribution < 1.29 is 9.47 Å². The van der Waals surface area contributed by atoms with Crippen molar-refractivity contribution in [2.24, 2.45) is 10.9 Å². The van der Waals surface area contributed by atoms with Crippen molar-refractivity contribution in [1.29, 1.82) is 0 Å². The van der Waals surface area contributed by atoms with Gasteiger partial charge in [-0.05, 0) is 62.9 Å². The van der Waals surface area contributed by atoms with Crippen LogP contribution >= 0.6 is 11.6 Å². The lowest BCUT2D eigenvalue weighted by Gasteiger charge is -2.41. The summed E-state index contributed by atoms with van der Waals surface area (Å²) in [6.45, 7) is 5.31. The topological polar surface area (TPSA) is 49.3 Å². The molecule has 3 heterocycles. The number of nitrogens with zero attached hydrogens (tertiary/aromatic N) is 3. The summed E-state index contributed by atoms with van der Waals surface area (Å²) >= 11 is 6.30. The van der Waals surface area contributed by atoms with Gasteiger partial charge in [-0.1, -0.05) is 23.7 Å². The van der Waals surface area contributed by atoms with Gasteiger partial charge in [-0.25, -0.2) is 0 Å². The summed E-state index contributed by atoms with van der Waals surface area (Å²) in [5.41, 5.74) is 1.30. The van der Waals surface area contributed by atoms with Crippen LogP contribution in [0.1, 0.15) is 37.3 Å². The van der Waals surface area contributed by atoms with Crippen molar-refractivity contribution in [2.75, 3.05) is 53.5 Å². The molecule has 166 valence electrons. The fourth-order valence-electron chi connectivity index (χ4n) is 5.23. The zero-order valence-corrected chi connectivity index (χ0v) is 19.0. The van der Waals surface area contributed by atoms with Gasteiger partial charge in [-0.2, -0.15) is 0 Å². The molecule has 1 aromatic rings. The zero-order chi connectivity index (χ0) is 20.9. The van der Waals surface area contributed by atoms with E-state index in [0.29, 0.717) is 12.0 Å². The minimum Gasteiger partial charge on any atom is -0.375 e. The quantitative estimate of drug-likeness (QED) is 0.582. The third-order valence-corrected chi connectivity index (χ3v) is 6.94. The Hall–Kier alpha value is -1.34. The Labute approximate surface area is 185 Å². The van der Waals surface area contributed by atoms with Gasteiger partial charge in [0.2, 0.25) is 0 Å². The van der Waals surface area contributed by atoms with Gasteiger partial charge < -0.3 is 19.7 Å². The van der Waals surface area contributed by atoms with Gasteiger partial charge in [0.1, 0.15) is 6.10 Å².